The van der Waals surface area contributed by atoms with Gasteiger partial charge < -0.3 is 14.4 Å². The van der Waals surface area contributed by atoms with Crippen molar-refractivity contribution >= 4 is 5.82 Å². The highest BCUT2D eigenvalue weighted by molar-refractivity contribution is 5.41. The van der Waals surface area contributed by atoms with Crippen LogP contribution in [0.1, 0.15) is 12.8 Å². The van der Waals surface area contributed by atoms with Gasteiger partial charge in [-0.25, -0.2) is 9.67 Å². The Labute approximate surface area is 152 Å². The summed E-state index contributed by atoms with van der Waals surface area (Å²) < 4.78 is 13.3. The quantitative estimate of drug-likeness (QED) is 0.704. The van der Waals surface area contributed by atoms with E-state index in [0.717, 1.165) is 43.2 Å². The van der Waals surface area contributed by atoms with E-state index in [1.807, 2.05) is 36.5 Å². The second-order valence-corrected chi connectivity index (χ2v) is 6.17. The Morgan fingerprint density at radius 3 is 2.73 bits per heavy atom. The zero-order chi connectivity index (χ0) is 17.8. The maximum Gasteiger partial charge on any atom is 0.173 e. The van der Waals surface area contributed by atoms with E-state index in [1.54, 1.807) is 30.4 Å². The molecule has 1 aliphatic rings. The molecule has 7 nitrogen and oxygen atoms in total. The van der Waals surface area contributed by atoms with Crippen molar-refractivity contribution in [1.82, 2.24) is 19.7 Å². The second-order valence-electron chi connectivity index (χ2n) is 6.17. The van der Waals surface area contributed by atoms with E-state index >= 15 is 0 Å². The molecule has 134 valence electrons. The number of para-hydroxylation sites is 2. The molecule has 4 rings (SSSR count). The molecule has 0 amide bonds. The molecule has 0 spiro atoms. The van der Waals surface area contributed by atoms with Crippen LogP contribution in [-0.4, -0.2) is 46.1 Å². The third kappa shape index (κ3) is 3.46. The van der Waals surface area contributed by atoms with Crippen LogP contribution in [0.5, 0.6) is 11.5 Å². The Morgan fingerprint density at radius 2 is 1.92 bits per heavy atom. The molecule has 1 aliphatic heterocycles. The van der Waals surface area contributed by atoms with Crippen molar-refractivity contribution < 1.29 is 9.47 Å². The van der Waals surface area contributed by atoms with Crippen molar-refractivity contribution in [1.29, 1.82) is 0 Å². The van der Waals surface area contributed by atoms with Crippen LogP contribution in [0.3, 0.4) is 0 Å². The first-order valence-corrected chi connectivity index (χ1v) is 8.70. The molecule has 2 aromatic heterocycles. The molecule has 0 bridgehead atoms. The molecule has 3 aromatic rings. The highest BCUT2D eigenvalue weighted by Gasteiger charge is 2.23. The number of hydrogen-bond acceptors (Lipinski definition) is 6. The van der Waals surface area contributed by atoms with Crippen molar-refractivity contribution in [3.63, 3.8) is 0 Å². The molecule has 1 aromatic carbocycles. The zero-order valence-electron chi connectivity index (χ0n) is 14.7. The molecular formula is C19H21N5O2. The van der Waals surface area contributed by atoms with Crippen molar-refractivity contribution in [3.05, 3.63) is 55.1 Å². The van der Waals surface area contributed by atoms with Gasteiger partial charge in [0.1, 0.15) is 11.9 Å². The van der Waals surface area contributed by atoms with Gasteiger partial charge in [-0.1, -0.05) is 12.1 Å². The minimum Gasteiger partial charge on any atom is -0.493 e. The number of ether oxygens (including phenoxy) is 2. The number of rotatable bonds is 5. The maximum absolute atomic E-state index is 6.20. The molecule has 0 aliphatic carbocycles. The van der Waals surface area contributed by atoms with Gasteiger partial charge >= 0.3 is 0 Å². The van der Waals surface area contributed by atoms with Crippen LogP contribution in [0.2, 0.25) is 0 Å². The van der Waals surface area contributed by atoms with Gasteiger partial charge in [-0.15, -0.1) is 0 Å². The predicted octanol–water partition coefficient (Wildman–Crippen LogP) is 2.72. The number of nitrogens with zero attached hydrogens (tertiary/aromatic N) is 5. The highest BCUT2D eigenvalue weighted by Crippen LogP contribution is 2.29. The van der Waals surface area contributed by atoms with E-state index in [-0.39, 0.29) is 6.10 Å². The van der Waals surface area contributed by atoms with E-state index in [9.17, 15) is 0 Å². The second kappa shape index (κ2) is 7.43. The van der Waals surface area contributed by atoms with Crippen molar-refractivity contribution in [2.24, 2.45) is 0 Å². The van der Waals surface area contributed by atoms with Crippen LogP contribution in [0.25, 0.3) is 5.82 Å². The van der Waals surface area contributed by atoms with E-state index < -0.39 is 0 Å². The zero-order valence-corrected chi connectivity index (χ0v) is 14.7. The van der Waals surface area contributed by atoms with Crippen molar-refractivity contribution in [2.45, 2.75) is 18.9 Å². The summed E-state index contributed by atoms with van der Waals surface area (Å²) >= 11 is 0. The number of methoxy groups -OCH3 is 1. The fourth-order valence-corrected chi connectivity index (χ4v) is 3.15. The summed E-state index contributed by atoms with van der Waals surface area (Å²) in [6.45, 7) is 1.69. The number of anilines is 1. The lowest BCUT2D eigenvalue weighted by Crippen LogP contribution is -2.41. The van der Waals surface area contributed by atoms with Crippen LogP contribution in [0.4, 0.5) is 5.82 Å². The summed E-state index contributed by atoms with van der Waals surface area (Å²) in [4.78, 5) is 11.2. The van der Waals surface area contributed by atoms with Crippen LogP contribution >= 0.6 is 0 Å². The lowest BCUT2D eigenvalue weighted by Gasteiger charge is -2.33. The molecule has 3 heterocycles. The molecule has 1 atom stereocenters. The lowest BCUT2D eigenvalue weighted by atomic mass is 10.1. The lowest BCUT2D eigenvalue weighted by molar-refractivity contribution is 0.172. The van der Waals surface area contributed by atoms with Crippen LogP contribution in [0.15, 0.2) is 55.1 Å². The first-order valence-electron chi connectivity index (χ1n) is 8.70. The van der Waals surface area contributed by atoms with E-state index in [1.165, 1.54) is 0 Å². The standard InChI is InChI=1S/C19H21N5O2/c1-25-16-7-2-3-8-17(16)26-15-6-4-10-23(14-15)18-12-20-13-19(22-18)24-11-5-9-21-24/h2-3,5,7-9,11-13,15H,4,6,10,14H2,1H3. The normalized spacial score (nSPS) is 17.1. The van der Waals surface area contributed by atoms with Crippen LogP contribution in [0, 0.1) is 0 Å². The van der Waals surface area contributed by atoms with Gasteiger partial charge in [-0.2, -0.15) is 5.10 Å². The topological polar surface area (TPSA) is 65.3 Å². The fourth-order valence-electron chi connectivity index (χ4n) is 3.15. The van der Waals surface area contributed by atoms with Gasteiger partial charge in [0.2, 0.25) is 0 Å². The van der Waals surface area contributed by atoms with Gasteiger partial charge in [0.05, 0.1) is 26.0 Å². The molecule has 0 N–H and O–H groups in total. The summed E-state index contributed by atoms with van der Waals surface area (Å²) in [7, 11) is 1.66. The Morgan fingerprint density at radius 1 is 1.08 bits per heavy atom. The van der Waals surface area contributed by atoms with Crippen LogP contribution in [-0.2, 0) is 0 Å². The van der Waals surface area contributed by atoms with Gasteiger partial charge in [0, 0.05) is 18.9 Å². The van der Waals surface area contributed by atoms with Gasteiger partial charge in [-0.05, 0) is 31.0 Å². The molecule has 7 heteroatoms. The predicted molar refractivity (Wildman–Crippen MR) is 98.0 cm³/mol. The average molecular weight is 351 g/mol. The molecule has 0 radical (unpaired) electrons. The van der Waals surface area contributed by atoms with Crippen molar-refractivity contribution in [3.8, 4) is 17.3 Å². The Hall–Kier alpha value is -3.09. The average Bonchev–Trinajstić information content (AvgIpc) is 3.24. The summed E-state index contributed by atoms with van der Waals surface area (Å²) in [5.41, 5.74) is 0. The summed E-state index contributed by atoms with van der Waals surface area (Å²) in [6.07, 6.45) is 9.20. The molecule has 0 saturated carbocycles. The maximum atomic E-state index is 6.20. The van der Waals surface area contributed by atoms with Gasteiger partial charge in [-0.3, -0.25) is 4.98 Å². The van der Waals surface area contributed by atoms with E-state index in [4.69, 9.17) is 14.5 Å². The first-order chi connectivity index (χ1) is 12.8. The van der Waals surface area contributed by atoms with Crippen molar-refractivity contribution in [2.75, 3.05) is 25.1 Å². The highest BCUT2D eigenvalue weighted by atomic mass is 16.5. The molecule has 1 unspecified atom stereocenters. The summed E-state index contributed by atoms with van der Waals surface area (Å²) in [5, 5.41) is 4.22. The Balaban J connectivity index is 1.49. The third-order valence-electron chi connectivity index (χ3n) is 4.41. The Bertz CT molecular complexity index is 853. The van der Waals surface area contributed by atoms with E-state index in [2.05, 4.69) is 15.0 Å². The molecule has 1 fully saturated rings. The first kappa shape index (κ1) is 16.4. The molecular weight excluding hydrogens is 330 g/mol. The van der Waals surface area contributed by atoms with Crippen LogP contribution < -0.4 is 14.4 Å². The number of hydrogen-bond donors (Lipinski definition) is 0. The van der Waals surface area contributed by atoms with E-state index in [0.29, 0.717) is 5.82 Å². The minimum atomic E-state index is 0.0789. The summed E-state index contributed by atoms with van der Waals surface area (Å²) in [6, 6.07) is 9.62. The van der Waals surface area contributed by atoms with Gasteiger partial charge in [0.25, 0.3) is 0 Å². The molecule has 26 heavy (non-hydrogen) atoms. The third-order valence-corrected chi connectivity index (χ3v) is 4.41. The monoisotopic (exact) mass is 351 g/mol. The number of aromatic nitrogens is 4. The van der Waals surface area contributed by atoms with Gasteiger partial charge in [0.15, 0.2) is 17.3 Å². The summed E-state index contributed by atoms with van der Waals surface area (Å²) in [5.74, 6) is 3.08. The SMILES string of the molecule is COc1ccccc1OC1CCCN(c2cncc(-n3cccn3)n2)C1. The minimum absolute atomic E-state index is 0.0789. The smallest absolute Gasteiger partial charge is 0.173 e. The fraction of sp³-hybridized carbons (Fsp3) is 0.316. The Kier molecular flexibility index (Phi) is 4.68. The number of benzene rings is 1. The number of piperidine rings is 1. The molecule has 1 saturated heterocycles. The largest absolute Gasteiger partial charge is 0.493 e.